The molecule has 0 aliphatic carbocycles. The number of thiazole rings is 1. The Bertz CT molecular complexity index is 673. The fourth-order valence-corrected chi connectivity index (χ4v) is 2.28. The normalized spacial score (nSPS) is 10.3. The van der Waals surface area contributed by atoms with Crippen molar-refractivity contribution in [2.75, 3.05) is 5.32 Å². The lowest BCUT2D eigenvalue weighted by molar-refractivity contribution is -0.383. The van der Waals surface area contributed by atoms with Crippen LogP contribution >= 0.6 is 22.9 Å². The maximum absolute atomic E-state index is 11.9. The largest absolute Gasteiger partial charge is 0.325 e. The van der Waals surface area contributed by atoms with Gasteiger partial charge >= 0.3 is 0 Å². The number of nitro groups is 1. The second-order valence-corrected chi connectivity index (χ2v) is 5.08. The molecule has 0 unspecified atom stereocenters. The van der Waals surface area contributed by atoms with Gasteiger partial charge in [-0.15, -0.1) is 11.3 Å². The smallest absolute Gasteiger partial charge is 0.294 e. The molecule has 1 amide bonds. The van der Waals surface area contributed by atoms with Crippen LogP contribution in [0.15, 0.2) is 23.6 Å². The van der Waals surface area contributed by atoms with E-state index in [2.05, 4.69) is 10.3 Å². The van der Waals surface area contributed by atoms with Gasteiger partial charge in [-0.25, -0.2) is 4.98 Å². The lowest BCUT2D eigenvalue weighted by Gasteiger charge is -2.04. The molecule has 0 bridgehead atoms. The monoisotopic (exact) mass is 312 g/mol. The number of nitrogens with zero attached hydrogens (tertiary/aromatic N) is 2. The minimum absolute atomic E-state index is 0.0618. The first-order valence-corrected chi connectivity index (χ1v) is 6.67. The van der Waals surface area contributed by atoms with Crippen molar-refractivity contribution >= 4 is 40.2 Å². The molecular formula is C11H9ClN4O3S. The third-order valence-corrected chi connectivity index (χ3v) is 3.47. The average molecular weight is 313 g/mol. The summed E-state index contributed by atoms with van der Waals surface area (Å²) in [5.41, 5.74) is 5.36. The van der Waals surface area contributed by atoms with E-state index in [-0.39, 0.29) is 28.6 Å². The number of rotatable bonds is 4. The zero-order valence-electron chi connectivity index (χ0n) is 10.00. The molecule has 2 rings (SSSR count). The standard InChI is InChI=1S/C11H9ClN4O3S/c12-6-1-2-7(9(3-6)16(18)19)15-11(17)8-5-20-10(4-13)14-8/h1-3,5H,4,13H2,(H,15,17). The minimum atomic E-state index is -0.617. The van der Waals surface area contributed by atoms with Gasteiger partial charge in [0.25, 0.3) is 11.6 Å². The fourth-order valence-electron chi connectivity index (χ4n) is 1.46. The Balaban J connectivity index is 2.25. The highest BCUT2D eigenvalue weighted by Crippen LogP contribution is 2.28. The van der Waals surface area contributed by atoms with E-state index in [0.29, 0.717) is 5.01 Å². The molecule has 1 heterocycles. The van der Waals surface area contributed by atoms with Gasteiger partial charge in [0, 0.05) is 23.0 Å². The average Bonchev–Trinajstić information content (AvgIpc) is 2.89. The number of hydrogen-bond acceptors (Lipinski definition) is 6. The number of nitro benzene ring substituents is 1. The molecule has 1 aromatic heterocycles. The van der Waals surface area contributed by atoms with E-state index in [0.717, 1.165) is 0 Å². The molecule has 0 radical (unpaired) electrons. The van der Waals surface area contributed by atoms with Crippen molar-refractivity contribution in [1.29, 1.82) is 0 Å². The summed E-state index contributed by atoms with van der Waals surface area (Å²) < 4.78 is 0. The van der Waals surface area contributed by atoms with E-state index in [1.54, 1.807) is 5.38 Å². The Labute approximate surface area is 122 Å². The molecule has 2 aromatic rings. The number of nitrogens with two attached hydrogens (primary N) is 1. The predicted octanol–water partition coefficient (Wildman–Crippen LogP) is 2.42. The van der Waals surface area contributed by atoms with Gasteiger partial charge in [-0.05, 0) is 12.1 Å². The van der Waals surface area contributed by atoms with Crippen LogP contribution in [0.2, 0.25) is 5.02 Å². The van der Waals surface area contributed by atoms with Gasteiger partial charge in [0.2, 0.25) is 0 Å². The van der Waals surface area contributed by atoms with Gasteiger partial charge < -0.3 is 11.1 Å². The number of halogens is 1. The van der Waals surface area contributed by atoms with E-state index in [1.165, 1.54) is 29.5 Å². The summed E-state index contributed by atoms with van der Waals surface area (Å²) in [5, 5.41) is 15.7. The fraction of sp³-hybridized carbons (Fsp3) is 0.0909. The van der Waals surface area contributed by atoms with Crippen LogP contribution in [-0.2, 0) is 6.54 Å². The minimum Gasteiger partial charge on any atom is -0.325 e. The maximum Gasteiger partial charge on any atom is 0.294 e. The van der Waals surface area contributed by atoms with Crippen molar-refractivity contribution in [3.8, 4) is 0 Å². The van der Waals surface area contributed by atoms with Crippen molar-refractivity contribution in [2.24, 2.45) is 5.73 Å². The van der Waals surface area contributed by atoms with E-state index in [9.17, 15) is 14.9 Å². The first kappa shape index (κ1) is 14.4. The summed E-state index contributed by atoms with van der Waals surface area (Å²) in [4.78, 5) is 26.2. The molecule has 0 atom stereocenters. The van der Waals surface area contributed by atoms with E-state index in [1.807, 2.05) is 0 Å². The number of amides is 1. The van der Waals surface area contributed by atoms with Crippen LogP contribution < -0.4 is 11.1 Å². The zero-order chi connectivity index (χ0) is 14.7. The molecule has 0 saturated heterocycles. The summed E-state index contributed by atoms with van der Waals surface area (Å²) in [5.74, 6) is -0.536. The molecule has 1 aromatic carbocycles. The van der Waals surface area contributed by atoms with Crippen LogP contribution in [0.1, 0.15) is 15.5 Å². The Morgan fingerprint density at radius 3 is 2.90 bits per heavy atom. The van der Waals surface area contributed by atoms with Gasteiger partial charge in [0.1, 0.15) is 16.4 Å². The number of hydrogen-bond donors (Lipinski definition) is 2. The van der Waals surface area contributed by atoms with Crippen LogP contribution in [0, 0.1) is 10.1 Å². The van der Waals surface area contributed by atoms with Crippen molar-refractivity contribution < 1.29 is 9.72 Å². The molecular weight excluding hydrogens is 304 g/mol. The highest BCUT2D eigenvalue weighted by molar-refractivity contribution is 7.09. The lowest BCUT2D eigenvalue weighted by Crippen LogP contribution is -2.13. The van der Waals surface area contributed by atoms with Crippen molar-refractivity contribution in [3.63, 3.8) is 0 Å². The predicted molar refractivity (Wildman–Crippen MR) is 76.1 cm³/mol. The summed E-state index contributed by atoms with van der Waals surface area (Å²) in [6.07, 6.45) is 0. The number of carbonyl (C=O) groups excluding carboxylic acids is 1. The number of anilines is 1. The van der Waals surface area contributed by atoms with E-state index in [4.69, 9.17) is 17.3 Å². The second-order valence-electron chi connectivity index (χ2n) is 3.70. The molecule has 3 N–H and O–H groups in total. The SMILES string of the molecule is NCc1nc(C(=O)Nc2ccc(Cl)cc2[N+](=O)[O-])cs1. The lowest BCUT2D eigenvalue weighted by atomic mass is 10.2. The molecule has 104 valence electrons. The number of carbonyl (C=O) groups is 1. The van der Waals surface area contributed by atoms with E-state index < -0.39 is 10.8 Å². The first-order chi connectivity index (χ1) is 9.51. The molecule has 0 aliphatic rings. The highest BCUT2D eigenvalue weighted by Gasteiger charge is 2.18. The molecule has 0 spiro atoms. The topological polar surface area (TPSA) is 111 Å². The summed E-state index contributed by atoms with van der Waals surface area (Å²) in [6.45, 7) is 0.235. The molecule has 0 aliphatic heterocycles. The van der Waals surface area contributed by atoms with Crippen LogP contribution in [0.25, 0.3) is 0 Å². The third kappa shape index (κ3) is 3.10. The van der Waals surface area contributed by atoms with Crippen molar-refractivity contribution in [2.45, 2.75) is 6.54 Å². The van der Waals surface area contributed by atoms with Crippen LogP contribution in [0.3, 0.4) is 0 Å². The van der Waals surface area contributed by atoms with Crippen LogP contribution in [0.5, 0.6) is 0 Å². The van der Waals surface area contributed by atoms with Crippen molar-refractivity contribution in [1.82, 2.24) is 4.98 Å². The summed E-state index contributed by atoms with van der Waals surface area (Å²) in [6, 6.07) is 3.99. The number of nitrogens with one attached hydrogen (secondary N) is 1. The van der Waals surface area contributed by atoms with Crippen molar-refractivity contribution in [3.05, 3.63) is 49.4 Å². The van der Waals surface area contributed by atoms with Gasteiger partial charge in [0.15, 0.2) is 0 Å². The maximum atomic E-state index is 11.9. The highest BCUT2D eigenvalue weighted by atomic mass is 35.5. The third-order valence-electron chi connectivity index (χ3n) is 2.36. The quantitative estimate of drug-likeness (QED) is 0.665. The van der Waals surface area contributed by atoms with Crippen LogP contribution in [0.4, 0.5) is 11.4 Å². The zero-order valence-corrected chi connectivity index (χ0v) is 11.6. The number of aromatic nitrogens is 1. The Morgan fingerprint density at radius 2 is 2.30 bits per heavy atom. The van der Waals surface area contributed by atoms with Gasteiger partial charge in [-0.1, -0.05) is 11.6 Å². The Morgan fingerprint density at radius 1 is 1.55 bits per heavy atom. The van der Waals surface area contributed by atoms with Gasteiger partial charge in [-0.2, -0.15) is 0 Å². The molecule has 7 nitrogen and oxygen atoms in total. The van der Waals surface area contributed by atoms with E-state index >= 15 is 0 Å². The molecule has 0 saturated carbocycles. The summed E-state index contributed by atoms with van der Waals surface area (Å²) in [7, 11) is 0. The van der Waals surface area contributed by atoms with Gasteiger partial charge in [-0.3, -0.25) is 14.9 Å². The first-order valence-electron chi connectivity index (χ1n) is 5.41. The molecule has 9 heteroatoms. The van der Waals surface area contributed by atoms with Crippen LogP contribution in [-0.4, -0.2) is 15.8 Å². The Hall–Kier alpha value is -2.03. The van der Waals surface area contributed by atoms with Gasteiger partial charge in [0.05, 0.1) is 4.92 Å². The number of benzene rings is 1. The molecule has 20 heavy (non-hydrogen) atoms. The summed E-state index contributed by atoms with van der Waals surface area (Å²) >= 11 is 6.94. The molecule has 0 fully saturated rings. The second kappa shape index (κ2) is 5.95. The Kier molecular flexibility index (Phi) is 4.28.